The van der Waals surface area contributed by atoms with Crippen molar-refractivity contribution in [1.82, 2.24) is 4.90 Å². The lowest BCUT2D eigenvalue weighted by Gasteiger charge is -2.43. The van der Waals surface area contributed by atoms with Crippen molar-refractivity contribution in [2.24, 2.45) is 5.92 Å². The Labute approximate surface area is 110 Å². The molecule has 0 bridgehead atoms. The van der Waals surface area contributed by atoms with Gasteiger partial charge >= 0.3 is 0 Å². The summed E-state index contributed by atoms with van der Waals surface area (Å²) in [6.07, 6.45) is 2.58. The minimum absolute atomic E-state index is 0.140. The molecule has 1 aliphatic heterocycles. The van der Waals surface area contributed by atoms with Crippen molar-refractivity contribution < 1.29 is 18.3 Å². The lowest BCUT2D eigenvalue weighted by Crippen LogP contribution is -2.52. The highest BCUT2D eigenvalue weighted by Gasteiger charge is 2.38. The van der Waals surface area contributed by atoms with Crippen molar-refractivity contribution in [2.45, 2.75) is 25.4 Å². The molecule has 0 aromatic heterocycles. The number of hydrogen-bond acceptors (Lipinski definition) is 5. The number of nitrogens with zero attached hydrogens (tertiary/aromatic N) is 1. The van der Waals surface area contributed by atoms with Crippen LogP contribution in [0.3, 0.4) is 0 Å². The van der Waals surface area contributed by atoms with Crippen molar-refractivity contribution >= 4 is 9.84 Å². The van der Waals surface area contributed by atoms with Crippen molar-refractivity contribution in [2.75, 3.05) is 45.4 Å². The minimum atomic E-state index is -2.91. The molecule has 5 nitrogen and oxygen atoms in total. The van der Waals surface area contributed by atoms with Crippen LogP contribution >= 0.6 is 0 Å². The molecule has 2 atom stereocenters. The van der Waals surface area contributed by atoms with Crippen LogP contribution < -0.4 is 0 Å². The number of hydrogen-bond donors (Lipinski definition) is 1. The van der Waals surface area contributed by atoms with Crippen molar-refractivity contribution in [1.29, 1.82) is 0 Å². The first-order valence-electron chi connectivity index (χ1n) is 6.38. The topological polar surface area (TPSA) is 66.8 Å². The van der Waals surface area contributed by atoms with E-state index in [1.54, 1.807) is 7.11 Å². The Morgan fingerprint density at radius 1 is 1.50 bits per heavy atom. The molecule has 1 saturated heterocycles. The summed E-state index contributed by atoms with van der Waals surface area (Å²) in [5.41, 5.74) is -0.669. The molecule has 0 amide bonds. The molecule has 18 heavy (non-hydrogen) atoms. The summed E-state index contributed by atoms with van der Waals surface area (Å²) in [6, 6.07) is 0. The van der Waals surface area contributed by atoms with Crippen LogP contribution in [0, 0.1) is 5.92 Å². The summed E-state index contributed by atoms with van der Waals surface area (Å²) in [4.78, 5) is 2.12. The van der Waals surface area contributed by atoms with Crippen LogP contribution in [-0.4, -0.2) is 69.4 Å². The Kier molecular flexibility index (Phi) is 5.58. The van der Waals surface area contributed by atoms with Crippen LogP contribution in [-0.2, 0) is 14.6 Å². The van der Waals surface area contributed by atoms with E-state index in [9.17, 15) is 13.5 Å². The van der Waals surface area contributed by atoms with Crippen LogP contribution in [0.25, 0.3) is 0 Å². The standard InChI is InChI=1S/C12H25NO4S/c1-11-10-13(7-9-18(3,15)16)6-4-12(11,14)5-8-17-2/h11,14H,4-10H2,1-3H3. The quantitative estimate of drug-likeness (QED) is 0.749. The second-order valence-electron chi connectivity index (χ2n) is 5.43. The van der Waals surface area contributed by atoms with Gasteiger partial charge in [-0.1, -0.05) is 6.92 Å². The third kappa shape index (κ3) is 4.84. The molecule has 1 N–H and O–H groups in total. The molecule has 0 aromatic rings. The predicted octanol–water partition coefficient (Wildman–Crippen LogP) is 0.140. The first kappa shape index (κ1) is 15.9. The largest absolute Gasteiger partial charge is 0.389 e. The van der Waals surface area contributed by atoms with Gasteiger partial charge in [0.2, 0.25) is 0 Å². The van der Waals surface area contributed by atoms with Gasteiger partial charge in [0.25, 0.3) is 0 Å². The Bertz CT molecular complexity index is 357. The van der Waals surface area contributed by atoms with Crippen LogP contribution in [0.4, 0.5) is 0 Å². The molecule has 0 saturated carbocycles. The highest BCUT2D eigenvalue weighted by atomic mass is 32.2. The Balaban J connectivity index is 2.45. The highest BCUT2D eigenvalue weighted by molar-refractivity contribution is 7.90. The maximum atomic E-state index is 11.1. The monoisotopic (exact) mass is 279 g/mol. The molecular formula is C12H25NO4S. The average molecular weight is 279 g/mol. The van der Waals surface area contributed by atoms with Crippen LogP contribution in [0.1, 0.15) is 19.8 Å². The fraction of sp³-hybridized carbons (Fsp3) is 1.00. The summed E-state index contributed by atoms with van der Waals surface area (Å²) in [6.45, 7) is 4.63. The summed E-state index contributed by atoms with van der Waals surface area (Å²) >= 11 is 0. The second kappa shape index (κ2) is 6.32. The van der Waals surface area contributed by atoms with E-state index in [4.69, 9.17) is 4.74 Å². The van der Waals surface area contributed by atoms with E-state index in [1.165, 1.54) is 6.26 Å². The zero-order chi connectivity index (χ0) is 13.8. The van der Waals surface area contributed by atoms with Gasteiger partial charge in [0, 0.05) is 39.6 Å². The average Bonchev–Trinajstić information content (AvgIpc) is 2.27. The van der Waals surface area contributed by atoms with Gasteiger partial charge in [-0.25, -0.2) is 8.42 Å². The number of sulfone groups is 1. The number of ether oxygens (including phenoxy) is 1. The van der Waals surface area contributed by atoms with Crippen molar-refractivity contribution in [3.05, 3.63) is 0 Å². The molecule has 1 heterocycles. The Hall–Kier alpha value is -0.170. The van der Waals surface area contributed by atoms with Crippen LogP contribution in [0.2, 0.25) is 0 Å². The van der Waals surface area contributed by atoms with E-state index in [2.05, 4.69) is 4.90 Å². The lowest BCUT2D eigenvalue weighted by molar-refractivity contribution is -0.0801. The second-order valence-corrected chi connectivity index (χ2v) is 7.69. The number of piperidine rings is 1. The SMILES string of the molecule is COCCC1(O)CCN(CCS(C)(=O)=O)CC1C. The Morgan fingerprint density at radius 2 is 2.17 bits per heavy atom. The Morgan fingerprint density at radius 3 is 2.67 bits per heavy atom. The normalized spacial score (nSPS) is 30.6. The molecule has 1 rings (SSSR count). The fourth-order valence-corrected chi connectivity index (χ4v) is 2.98. The van der Waals surface area contributed by atoms with Crippen LogP contribution in [0.5, 0.6) is 0 Å². The van der Waals surface area contributed by atoms with E-state index in [-0.39, 0.29) is 11.7 Å². The van der Waals surface area contributed by atoms with Gasteiger partial charge in [0.1, 0.15) is 9.84 Å². The van der Waals surface area contributed by atoms with Crippen molar-refractivity contribution in [3.63, 3.8) is 0 Å². The molecule has 1 fully saturated rings. The van der Waals surface area contributed by atoms with Gasteiger partial charge in [0.05, 0.1) is 11.4 Å². The van der Waals surface area contributed by atoms with Gasteiger partial charge < -0.3 is 14.7 Å². The van der Waals surface area contributed by atoms with Gasteiger partial charge in [-0.05, 0) is 18.8 Å². The molecule has 0 radical (unpaired) electrons. The van der Waals surface area contributed by atoms with E-state index in [1.807, 2.05) is 6.92 Å². The van der Waals surface area contributed by atoms with Gasteiger partial charge in [-0.2, -0.15) is 0 Å². The smallest absolute Gasteiger partial charge is 0.148 e. The number of methoxy groups -OCH3 is 1. The molecule has 6 heteroatoms. The molecule has 0 spiro atoms. The molecular weight excluding hydrogens is 254 g/mol. The molecule has 0 aromatic carbocycles. The zero-order valence-electron chi connectivity index (χ0n) is 11.6. The maximum Gasteiger partial charge on any atom is 0.148 e. The maximum absolute atomic E-state index is 11.1. The third-order valence-electron chi connectivity index (χ3n) is 3.83. The highest BCUT2D eigenvalue weighted by Crippen LogP contribution is 2.30. The van der Waals surface area contributed by atoms with Gasteiger partial charge in [-0.3, -0.25) is 0 Å². The predicted molar refractivity (Wildman–Crippen MR) is 71.4 cm³/mol. The van der Waals surface area contributed by atoms with E-state index in [0.29, 0.717) is 26.0 Å². The summed E-state index contributed by atoms with van der Waals surface area (Å²) < 4.78 is 27.3. The summed E-state index contributed by atoms with van der Waals surface area (Å²) in [5.74, 6) is 0.330. The van der Waals surface area contributed by atoms with Crippen molar-refractivity contribution in [3.8, 4) is 0 Å². The molecule has 0 aliphatic carbocycles. The van der Waals surface area contributed by atoms with Gasteiger partial charge in [0.15, 0.2) is 0 Å². The number of aliphatic hydroxyl groups is 1. The zero-order valence-corrected chi connectivity index (χ0v) is 12.4. The first-order valence-corrected chi connectivity index (χ1v) is 8.44. The number of likely N-dealkylation sites (tertiary alicyclic amines) is 1. The summed E-state index contributed by atoms with van der Waals surface area (Å²) in [7, 11) is -1.27. The number of rotatable bonds is 6. The lowest BCUT2D eigenvalue weighted by atomic mass is 9.80. The molecule has 108 valence electrons. The minimum Gasteiger partial charge on any atom is -0.389 e. The fourth-order valence-electron chi connectivity index (χ4n) is 2.39. The van der Waals surface area contributed by atoms with Crippen LogP contribution in [0.15, 0.2) is 0 Å². The molecule has 1 aliphatic rings. The third-order valence-corrected chi connectivity index (χ3v) is 4.75. The first-order chi connectivity index (χ1) is 8.27. The van der Waals surface area contributed by atoms with E-state index >= 15 is 0 Å². The van der Waals surface area contributed by atoms with E-state index < -0.39 is 15.4 Å². The van der Waals surface area contributed by atoms with E-state index in [0.717, 1.165) is 13.1 Å². The van der Waals surface area contributed by atoms with Gasteiger partial charge in [-0.15, -0.1) is 0 Å². The molecule has 2 unspecified atom stereocenters. The summed E-state index contributed by atoms with van der Waals surface area (Å²) in [5, 5.41) is 10.5.